The third-order valence-electron chi connectivity index (χ3n) is 0.993. The van der Waals surface area contributed by atoms with Crippen molar-refractivity contribution in [1.29, 1.82) is 0 Å². The topological polar surface area (TPSA) is 43.4 Å². The summed E-state index contributed by atoms with van der Waals surface area (Å²) >= 11 is 0. The third-order valence-corrected chi connectivity index (χ3v) is 0.993. The van der Waals surface area contributed by atoms with Gasteiger partial charge in [-0.15, -0.1) is 0 Å². The summed E-state index contributed by atoms with van der Waals surface area (Å²) in [5.74, 6) is -0.207. The van der Waals surface area contributed by atoms with Crippen LogP contribution in [0.25, 0.3) is 0 Å². The van der Waals surface area contributed by atoms with Crippen molar-refractivity contribution >= 4 is 11.8 Å². The molecule has 0 aliphatic rings. The summed E-state index contributed by atoms with van der Waals surface area (Å²) in [6.07, 6.45) is 4.09. The van der Waals surface area contributed by atoms with Gasteiger partial charge in [0.2, 0.25) is 0 Å². The van der Waals surface area contributed by atoms with Gasteiger partial charge in [0, 0.05) is 13.3 Å². The quantitative estimate of drug-likeness (QED) is 0.457. The molecule has 0 fully saturated rings. The van der Waals surface area contributed by atoms with Crippen LogP contribution < -0.4 is 0 Å². The Kier molecular flexibility index (Phi) is 5.07. The summed E-state index contributed by atoms with van der Waals surface area (Å²) in [6, 6.07) is 0. The molecule has 0 heterocycles. The Labute approximate surface area is 66.0 Å². The van der Waals surface area contributed by atoms with Gasteiger partial charge in [-0.1, -0.05) is 0 Å². The van der Waals surface area contributed by atoms with Crippen LogP contribution in [0.3, 0.4) is 0 Å². The molecule has 0 N–H and O–H groups in total. The molecule has 0 spiro atoms. The van der Waals surface area contributed by atoms with Gasteiger partial charge < -0.3 is 9.53 Å². The van der Waals surface area contributed by atoms with E-state index in [4.69, 9.17) is 0 Å². The van der Waals surface area contributed by atoms with E-state index in [0.29, 0.717) is 12.8 Å². The molecule has 62 valence electrons. The third kappa shape index (κ3) is 8.88. The maximum absolute atomic E-state index is 10.4. The number of carbonyl (C=O) groups excluding carboxylic acids is 2. The Morgan fingerprint density at radius 2 is 2.00 bits per heavy atom. The molecule has 0 aliphatic heterocycles. The van der Waals surface area contributed by atoms with Crippen LogP contribution in [0.5, 0.6) is 0 Å². The average molecular weight is 156 g/mol. The van der Waals surface area contributed by atoms with Crippen molar-refractivity contribution in [3.8, 4) is 0 Å². The van der Waals surface area contributed by atoms with Gasteiger partial charge >= 0.3 is 5.97 Å². The number of allylic oxidation sites excluding steroid dienone is 1. The first-order valence-electron chi connectivity index (χ1n) is 3.44. The van der Waals surface area contributed by atoms with Crippen LogP contribution in [0.1, 0.15) is 26.7 Å². The number of esters is 1. The van der Waals surface area contributed by atoms with Crippen molar-refractivity contribution in [2.75, 3.05) is 0 Å². The van der Waals surface area contributed by atoms with Gasteiger partial charge in [-0.05, 0) is 19.4 Å². The summed E-state index contributed by atoms with van der Waals surface area (Å²) in [4.78, 5) is 20.6. The van der Waals surface area contributed by atoms with E-state index in [9.17, 15) is 9.59 Å². The molecule has 0 aromatic carbocycles. The van der Waals surface area contributed by atoms with Gasteiger partial charge in [0.05, 0.1) is 6.26 Å². The van der Waals surface area contributed by atoms with Crippen LogP contribution in [0.15, 0.2) is 12.3 Å². The van der Waals surface area contributed by atoms with E-state index in [1.165, 1.54) is 20.1 Å². The molecule has 0 amide bonds. The fourth-order valence-electron chi connectivity index (χ4n) is 0.499. The first-order chi connectivity index (χ1) is 5.13. The fourth-order valence-corrected chi connectivity index (χ4v) is 0.499. The second-order valence-corrected chi connectivity index (χ2v) is 2.22. The standard InChI is InChI=1S/C8H12O3/c1-7(9)5-3-4-6-11-8(2)10/h4,6H,3,5H2,1-2H3/b6-4-. The summed E-state index contributed by atoms with van der Waals surface area (Å²) < 4.78 is 4.49. The summed E-state index contributed by atoms with van der Waals surface area (Å²) in [7, 11) is 0. The molecule has 0 atom stereocenters. The summed E-state index contributed by atoms with van der Waals surface area (Å²) in [5, 5.41) is 0. The van der Waals surface area contributed by atoms with Crippen molar-refractivity contribution in [2.24, 2.45) is 0 Å². The normalized spacial score (nSPS) is 10.0. The van der Waals surface area contributed by atoms with Crippen LogP contribution in [-0.2, 0) is 14.3 Å². The van der Waals surface area contributed by atoms with E-state index < -0.39 is 0 Å². The molecule has 3 heteroatoms. The van der Waals surface area contributed by atoms with Crippen molar-refractivity contribution in [2.45, 2.75) is 26.7 Å². The van der Waals surface area contributed by atoms with E-state index in [1.54, 1.807) is 6.08 Å². The van der Waals surface area contributed by atoms with Crippen molar-refractivity contribution in [3.63, 3.8) is 0 Å². The second-order valence-electron chi connectivity index (χ2n) is 2.22. The largest absolute Gasteiger partial charge is 0.435 e. The van der Waals surface area contributed by atoms with Crippen LogP contribution in [0, 0.1) is 0 Å². The number of ketones is 1. The lowest BCUT2D eigenvalue weighted by Gasteiger charge is -1.90. The minimum Gasteiger partial charge on any atom is -0.435 e. The Morgan fingerprint density at radius 3 is 2.45 bits per heavy atom. The molecule has 11 heavy (non-hydrogen) atoms. The van der Waals surface area contributed by atoms with Crippen LogP contribution in [0.4, 0.5) is 0 Å². The molecule has 0 unspecified atom stereocenters. The average Bonchev–Trinajstić information content (AvgIpc) is 1.85. The molecule has 0 rings (SSSR count). The molecule has 0 saturated carbocycles. The zero-order chi connectivity index (χ0) is 8.69. The lowest BCUT2D eigenvalue weighted by Crippen LogP contribution is -1.90. The second kappa shape index (κ2) is 5.65. The van der Waals surface area contributed by atoms with Gasteiger partial charge in [-0.2, -0.15) is 0 Å². The highest BCUT2D eigenvalue weighted by Crippen LogP contribution is 1.92. The van der Waals surface area contributed by atoms with Gasteiger partial charge in [0.15, 0.2) is 0 Å². The Balaban J connectivity index is 3.30. The lowest BCUT2D eigenvalue weighted by atomic mass is 10.2. The maximum Gasteiger partial charge on any atom is 0.307 e. The maximum atomic E-state index is 10.4. The molecular formula is C8H12O3. The van der Waals surface area contributed by atoms with Gasteiger partial charge in [-0.3, -0.25) is 4.79 Å². The number of hydrogen-bond donors (Lipinski definition) is 0. The van der Waals surface area contributed by atoms with Crippen molar-refractivity contribution < 1.29 is 14.3 Å². The lowest BCUT2D eigenvalue weighted by molar-refractivity contribution is -0.135. The highest BCUT2D eigenvalue weighted by molar-refractivity contribution is 5.75. The van der Waals surface area contributed by atoms with Crippen molar-refractivity contribution in [1.82, 2.24) is 0 Å². The SMILES string of the molecule is CC(=O)CC/C=C\OC(C)=O. The first kappa shape index (κ1) is 9.88. The van der Waals surface area contributed by atoms with E-state index in [0.717, 1.165) is 0 Å². The zero-order valence-corrected chi connectivity index (χ0v) is 6.79. The minimum absolute atomic E-state index is 0.137. The highest BCUT2D eigenvalue weighted by Gasteiger charge is 1.89. The molecule has 0 saturated heterocycles. The molecule has 0 radical (unpaired) electrons. The minimum atomic E-state index is -0.343. The van der Waals surface area contributed by atoms with Gasteiger partial charge in [0.25, 0.3) is 0 Å². The predicted octanol–water partition coefficient (Wildman–Crippen LogP) is 1.43. The summed E-state index contributed by atoms with van der Waals surface area (Å²) in [6.45, 7) is 2.86. The van der Waals surface area contributed by atoms with Crippen LogP contribution in [-0.4, -0.2) is 11.8 Å². The first-order valence-corrected chi connectivity index (χ1v) is 3.44. The summed E-state index contributed by atoms with van der Waals surface area (Å²) in [5.41, 5.74) is 0. The van der Waals surface area contributed by atoms with Gasteiger partial charge in [0.1, 0.15) is 5.78 Å². The molecule has 0 bridgehead atoms. The monoisotopic (exact) mass is 156 g/mol. The van der Waals surface area contributed by atoms with E-state index in [1.807, 2.05) is 0 Å². The molecule has 0 aromatic heterocycles. The number of ether oxygens (including phenoxy) is 1. The zero-order valence-electron chi connectivity index (χ0n) is 6.79. The molecule has 3 nitrogen and oxygen atoms in total. The Bertz CT molecular complexity index is 170. The molecular weight excluding hydrogens is 144 g/mol. The van der Waals surface area contributed by atoms with Crippen LogP contribution in [0.2, 0.25) is 0 Å². The number of rotatable bonds is 4. The van der Waals surface area contributed by atoms with Crippen molar-refractivity contribution in [3.05, 3.63) is 12.3 Å². The van der Waals surface area contributed by atoms with Crippen LogP contribution >= 0.6 is 0 Å². The Morgan fingerprint density at radius 1 is 1.36 bits per heavy atom. The molecule has 0 aliphatic carbocycles. The highest BCUT2D eigenvalue weighted by atomic mass is 16.5. The Hall–Kier alpha value is -1.12. The number of hydrogen-bond acceptors (Lipinski definition) is 3. The number of carbonyl (C=O) groups is 2. The van der Waals surface area contributed by atoms with E-state index >= 15 is 0 Å². The van der Waals surface area contributed by atoms with E-state index in [2.05, 4.69) is 4.74 Å². The number of Topliss-reactive ketones (excluding diaryl/α,β-unsaturated/α-hetero) is 1. The van der Waals surface area contributed by atoms with E-state index in [-0.39, 0.29) is 11.8 Å². The smallest absolute Gasteiger partial charge is 0.307 e. The predicted molar refractivity (Wildman–Crippen MR) is 40.8 cm³/mol. The molecule has 0 aromatic rings. The fraction of sp³-hybridized carbons (Fsp3) is 0.500. The van der Waals surface area contributed by atoms with Gasteiger partial charge in [-0.25, -0.2) is 0 Å².